The van der Waals surface area contributed by atoms with Crippen molar-refractivity contribution in [2.24, 2.45) is 0 Å². The van der Waals surface area contributed by atoms with Gasteiger partial charge in [0, 0.05) is 36.9 Å². The summed E-state index contributed by atoms with van der Waals surface area (Å²) >= 11 is 7.31. The minimum absolute atomic E-state index is 0.00851. The van der Waals surface area contributed by atoms with E-state index in [1.165, 1.54) is 29.8 Å². The molecule has 0 radical (unpaired) electrons. The first-order chi connectivity index (χ1) is 8.59. The molecule has 0 bridgehead atoms. The zero-order valence-electron chi connectivity index (χ0n) is 9.21. The van der Waals surface area contributed by atoms with Crippen molar-refractivity contribution in [1.82, 2.24) is 14.7 Å². The Balaban J connectivity index is 2.02. The van der Waals surface area contributed by atoms with E-state index in [0.29, 0.717) is 6.42 Å². The molecular formula is C10H10ClN3O2S2. The van der Waals surface area contributed by atoms with Crippen molar-refractivity contribution in [2.45, 2.75) is 11.3 Å². The summed E-state index contributed by atoms with van der Waals surface area (Å²) in [6.45, 7) is 0.279. The quantitative estimate of drug-likeness (QED) is 0.913. The Labute approximate surface area is 114 Å². The molecule has 96 valence electrons. The second-order valence-electron chi connectivity index (χ2n) is 3.38. The highest BCUT2D eigenvalue weighted by Gasteiger charge is 2.17. The van der Waals surface area contributed by atoms with Gasteiger partial charge in [-0.1, -0.05) is 11.6 Å². The Kier molecular flexibility index (Phi) is 4.28. The van der Waals surface area contributed by atoms with Gasteiger partial charge in [-0.2, -0.15) is 0 Å². The Morgan fingerprint density at radius 2 is 2.22 bits per heavy atom. The lowest BCUT2D eigenvalue weighted by Crippen LogP contribution is -2.26. The molecule has 0 unspecified atom stereocenters. The van der Waals surface area contributed by atoms with Crippen LogP contribution in [0.4, 0.5) is 0 Å². The summed E-state index contributed by atoms with van der Waals surface area (Å²) in [7, 11) is -3.61. The van der Waals surface area contributed by atoms with E-state index in [-0.39, 0.29) is 16.5 Å². The van der Waals surface area contributed by atoms with Crippen molar-refractivity contribution >= 4 is 33.0 Å². The molecule has 0 aliphatic rings. The van der Waals surface area contributed by atoms with Crippen LogP contribution in [0.5, 0.6) is 0 Å². The summed E-state index contributed by atoms with van der Waals surface area (Å²) in [6, 6.07) is 1.44. The minimum Gasteiger partial charge on any atom is -0.263 e. The number of hydrogen-bond donors (Lipinski definition) is 1. The average molecular weight is 304 g/mol. The fourth-order valence-electron chi connectivity index (χ4n) is 1.31. The third-order valence-electron chi connectivity index (χ3n) is 2.14. The van der Waals surface area contributed by atoms with Gasteiger partial charge in [-0.05, 0) is 6.07 Å². The van der Waals surface area contributed by atoms with Crippen LogP contribution in [0.1, 0.15) is 5.01 Å². The average Bonchev–Trinajstić information content (AvgIpc) is 2.82. The van der Waals surface area contributed by atoms with Crippen LogP contribution < -0.4 is 4.72 Å². The van der Waals surface area contributed by atoms with Gasteiger partial charge >= 0.3 is 0 Å². The van der Waals surface area contributed by atoms with Crippen LogP contribution in [0.25, 0.3) is 0 Å². The van der Waals surface area contributed by atoms with Crippen molar-refractivity contribution in [2.75, 3.05) is 6.54 Å². The number of hydrogen-bond acceptors (Lipinski definition) is 5. The van der Waals surface area contributed by atoms with Gasteiger partial charge in [0.1, 0.15) is 4.90 Å². The van der Waals surface area contributed by atoms with E-state index in [1.54, 1.807) is 6.20 Å². The largest absolute Gasteiger partial charge is 0.263 e. The van der Waals surface area contributed by atoms with E-state index in [9.17, 15) is 8.42 Å². The van der Waals surface area contributed by atoms with Crippen LogP contribution in [0.2, 0.25) is 5.02 Å². The molecule has 0 spiro atoms. The van der Waals surface area contributed by atoms with E-state index in [4.69, 9.17) is 11.6 Å². The molecule has 2 heterocycles. The zero-order valence-corrected chi connectivity index (χ0v) is 11.6. The number of nitrogens with zero attached hydrogens (tertiary/aromatic N) is 2. The molecule has 2 rings (SSSR count). The van der Waals surface area contributed by atoms with Gasteiger partial charge in [0.05, 0.1) is 10.0 Å². The molecule has 0 amide bonds. The smallest absolute Gasteiger partial charge is 0.243 e. The van der Waals surface area contributed by atoms with Gasteiger partial charge < -0.3 is 0 Å². The number of thiazole rings is 1. The van der Waals surface area contributed by atoms with Gasteiger partial charge in [-0.25, -0.2) is 18.1 Å². The highest BCUT2D eigenvalue weighted by molar-refractivity contribution is 7.89. The third-order valence-corrected chi connectivity index (χ3v) is 4.91. The molecule has 0 saturated heterocycles. The van der Waals surface area contributed by atoms with Crippen LogP contribution in [-0.2, 0) is 16.4 Å². The third kappa shape index (κ3) is 3.26. The molecule has 0 fully saturated rings. The van der Waals surface area contributed by atoms with E-state index in [0.717, 1.165) is 5.01 Å². The molecule has 0 saturated carbocycles. The number of halogens is 1. The lowest BCUT2D eigenvalue weighted by atomic mass is 10.5. The van der Waals surface area contributed by atoms with Gasteiger partial charge in [0.25, 0.3) is 0 Å². The Bertz CT molecular complexity index is 614. The molecule has 2 aromatic rings. The molecular weight excluding hydrogens is 294 g/mol. The maximum atomic E-state index is 11.9. The van der Waals surface area contributed by atoms with E-state index >= 15 is 0 Å². The molecule has 0 aromatic carbocycles. The van der Waals surface area contributed by atoms with Crippen molar-refractivity contribution in [3.63, 3.8) is 0 Å². The Hall–Kier alpha value is -1.02. The zero-order chi connectivity index (χ0) is 13.0. The molecule has 2 aromatic heterocycles. The minimum atomic E-state index is -3.61. The maximum absolute atomic E-state index is 11.9. The lowest BCUT2D eigenvalue weighted by Gasteiger charge is -2.06. The second kappa shape index (κ2) is 5.75. The van der Waals surface area contributed by atoms with Crippen molar-refractivity contribution in [3.8, 4) is 0 Å². The van der Waals surface area contributed by atoms with Crippen LogP contribution in [0.15, 0.2) is 34.9 Å². The van der Waals surface area contributed by atoms with Crippen LogP contribution in [-0.4, -0.2) is 24.9 Å². The summed E-state index contributed by atoms with van der Waals surface area (Å²) in [6.07, 6.45) is 4.91. The molecule has 5 nitrogen and oxygen atoms in total. The molecule has 18 heavy (non-hydrogen) atoms. The van der Waals surface area contributed by atoms with E-state index in [2.05, 4.69) is 14.7 Å². The van der Waals surface area contributed by atoms with Gasteiger partial charge in [-0.15, -0.1) is 11.3 Å². The summed E-state index contributed by atoms with van der Waals surface area (Å²) < 4.78 is 26.3. The SMILES string of the molecule is O=S(=O)(NCCc1nccs1)c1cnccc1Cl. The predicted octanol–water partition coefficient (Wildman–Crippen LogP) is 1.71. The van der Waals surface area contributed by atoms with Crippen LogP contribution >= 0.6 is 22.9 Å². The number of aromatic nitrogens is 2. The molecule has 8 heteroatoms. The number of pyridine rings is 1. The molecule has 1 N–H and O–H groups in total. The Morgan fingerprint density at radius 1 is 1.39 bits per heavy atom. The first kappa shape index (κ1) is 13.4. The van der Waals surface area contributed by atoms with E-state index < -0.39 is 10.0 Å². The standard InChI is InChI=1S/C10H10ClN3O2S2/c11-8-1-3-12-7-9(8)18(15,16)14-4-2-10-13-5-6-17-10/h1,3,5-7,14H,2,4H2. The maximum Gasteiger partial charge on any atom is 0.243 e. The summed E-state index contributed by atoms with van der Waals surface area (Å²) in [5, 5.41) is 2.89. The van der Waals surface area contributed by atoms with Crippen LogP contribution in [0.3, 0.4) is 0 Å². The van der Waals surface area contributed by atoms with E-state index in [1.807, 2.05) is 5.38 Å². The predicted molar refractivity (Wildman–Crippen MR) is 70.3 cm³/mol. The van der Waals surface area contributed by atoms with Crippen LogP contribution in [0, 0.1) is 0 Å². The summed E-state index contributed by atoms with van der Waals surface area (Å²) in [4.78, 5) is 7.82. The second-order valence-corrected chi connectivity index (χ2v) is 6.50. The van der Waals surface area contributed by atoms with Gasteiger partial charge in [-0.3, -0.25) is 4.98 Å². The van der Waals surface area contributed by atoms with Crippen molar-refractivity contribution in [3.05, 3.63) is 40.1 Å². The highest BCUT2D eigenvalue weighted by Crippen LogP contribution is 2.18. The van der Waals surface area contributed by atoms with Gasteiger partial charge in [0.15, 0.2) is 0 Å². The topological polar surface area (TPSA) is 72.0 Å². The number of rotatable bonds is 5. The van der Waals surface area contributed by atoms with Crippen molar-refractivity contribution < 1.29 is 8.42 Å². The van der Waals surface area contributed by atoms with Gasteiger partial charge in [0.2, 0.25) is 10.0 Å². The first-order valence-electron chi connectivity index (χ1n) is 5.07. The fraction of sp³-hybridized carbons (Fsp3) is 0.200. The number of nitrogens with one attached hydrogen (secondary N) is 1. The molecule has 0 atom stereocenters. The fourth-order valence-corrected chi connectivity index (χ4v) is 3.39. The normalized spacial score (nSPS) is 11.6. The molecule has 0 aliphatic heterocycles. The lowest BCUT2D eigenvalue weighted by molar-refractivity contribution is 0.581. The highest BCUT2D eigenvalue weighted by atomic mass is 35.5. The van der Waals surface area contributed by atoms with Crippen molar-refractivity contribution in [1.29, 1.82) is 0 Å². The molecule has 0 aliphatic carbocycles. The summed E-state index contributed by atoms with van der Waals surface area (Å²) in [5.41, 5.74) is 0. The summed E-state index contributed by atoms with van der Waals surface area (Å²) in [5.74, 6) is 0. The number of sulfonamides is 1. The monoisotopic (exact) mass is 303 g/mol. The first-order valence-corrected chi connectivity index (χ1v) is 7.81. The Morgan fingerprint density at radius 3 is 2.89 bits per heavy atom.